The van der Waals surface area contributed by atoms with Crippen molar-refractivity contribution in [3.8, 4) is 0 Å². The lowest BCUT2D eigenvalue weighted by molar-refractivity contribution is -0.207. The van der Waals surface area contributed by atoms with Crippen LogP contribution in [0, 0.1) is 0 Å². The highest BCUT2D eigenvalue weighted by Gasteiger charge is 2.29. The summed E-state index contributed by atoms with van der Waals surface area (Å²) in [5.41, 5.74) is 5.68. The van der Waals surface area contributed by atoms with E-state index in [4.69, 9.17) is 0 Å². The predicted molar refractivity (Wildman–Crippen MR) is 120 cm³/mol. The van der Waals surface area contributed by atoms with Gasteiger partial charge in [0.15, 0.2) is 0 Å². The molecule has 2 rings (SSSR count). The maximum Gasteiger partial charge on any atom is -0.0000723 e. The number of hydrogen-bond acceptors (Lipinski definition) is 1. The van der Waals surface area contributed by atoms with E-state index in [0.29, 0.717) is 11.1 Å². The number of benzene rings is 1. The van der Waals surface area contributed by atoms with Gasteiger partial charge < -0.3 is 5.11 Å². The molecule has 1 aliphatic rings. The van der Waals surface area contributed by atoms with Gasteiger partial charge in [-0.3, -0.25) is 0 Å². The van der Waals surface area contributed by atoms with E-state index in [-0.39, 0.29) is 16.2 Å². The van der Waals surface area contributed by atoms with Gasteiger partial charge >= 0.3 is 0 Å². The van der Waals surface area contributed by atoms with E-state index in [1.165, 1.54) is 48.8 Å². The quantitative estimate of drug-likeness (QED) is 0.518. The summed E-state index contributed by atoms with van der Waals surface area (Å²) in [7, 11) is 1.02. The molecule has 0 saturated heterocycles. The summed E-state index contributed by atoms with van der Waals surface area (Å²) in [4.78, 5) is 0. The average molecular weight is 388 g/mol. The molecule has 0 bridgehead atoms. The van der Waals surface area contributed by atoms with Crippen molar-refractivity contribution in [2.24, 2.45) is 0 Å². The maximum atomic E-state index is 13.6. The lowest BCUT2D eigenvalue weighted by Gasteiger charge is -2.36. The van der Waals surface area contributed by atoms with E-state index >= 15 is 0 Å². The summed E-state index contributed by atoms with van der Waals surface area (Å²) < 4.78 is 0. The second-order valence-electron chi connectivity index (χ2n) is 11.4. The van der Waals surface area contributed by atoms with Gasteiger partial charge in [0.2, 0.25) is 0 Å². The third kappa shape index (κ3) is 5.68. The van der Waals surface area contributed by atoms with Crippen LogP contribution in [0.3, 0.4) is 0 Å². The van der Waals surface area contributed by atoms with Gasteiger partial charge in [0.25, 0.3) is 0 Å². The highest BCUT2D eigenvalue weighted by atomic mass is 31.1. The Labute approximate surface area is 169 Å². The molecule has 0 radical (unpaired) electrons. The summed E-state index contributed by atoms with van der Waals surface area (Å²) in [6.45, 7) is 20.3. The smallest absolute Gasteiger partial charge is 0.0000723 e. The first-order chi connectivity index (χ1) is 12.2. The Morgan fingerprint density at radius 3 is 1.59 bits per heavy atom. The largest absolute Gasteiger partial charge is 0.824 e. The molecular formula is C25H40OP-. The van der Waals surface area contributed by atoms with Crippen molar-refractivity contribution < 1.29 is 5.11 Å². The molecule has 0 N–H and O–H groups in total. The maximum absolute atomic E-state index is 13.6. The van der Waals surface area contributed by atoms with Crippen LogP contribution in [-0.2, 0) is 16.2 Å². The van der Waals surface area contributed by atoms with Crippen molar-refractivity contribution in [2.45, 2.75) is 116 Å². The second-order valence-corrected chi connectivity index (χ2v) is 12.8. The van der Waals surface area contributed by atoms with Gasteiger partial charge in [-0.15, -0.1) is 13.7 Å². The summed E-state index contributed by atoms with van der Waals surface area (Å²) in [6.07, 6.45) is 6.32. The van der Waals surface area contributed by atoms with Crippen LogP contribution >= 0.6 is 8.20 Å². The third-order valence-electron chi connectivity index (χ3n) is 5.71. The first-order valence-corrected chi connectivity index (χ1v) is 11.6. The lowest BCUT2D eigenvalue weighted by atomic mass is 9.72. The standard InChI is InChI=1S/C25H41OP/c1-23(2,3)17-15-19(24(4,5)6)21(20(16-17)25(7,8)9)22(26)27-18-13-11-10-12-14-18/h15-16,18,26H,10-14H2,1-9H3/p-1. The molecule has 152 valence electrons. The Morgan fingerprint density at radius 2 is 1.22 bits per heavy atom. The zero-order valence-electron chi connectivity index (χ0n) is 19.1. The van der Waals surface area contributed by atoms with Crippen molar-refractivity contribution in [1.29, 1.82) is 0 Å². The van der Waals surface area contributed by atoms with E-state index in [2.05, 4.69) is 74.4 Å². The lowest BCUT2D eigenvalue weighted by Crippen LogP contribution is -2.31. The predicted octanol–water partition coefficient (Wildman–Crippen LogP) is 6.70. The highest BCUT2D eigenvalue weighted by molar-refractivity contribution is 7.41. The summed E-state index contributed by atoms with van der Waals surface area (Å²) in [6, 6.07) is 4.64. The molecule has 2 heteroatoms. The zero-order valence-corrected chi connectivity index (χ0v) is 20.0. The van der Waals surface area contributed by atoms with Crippen LogP contribution in [0.5, 0.6) is 0 Å². The summed E-state index contributed by atoms with van der Waals surface area (Å²) >= 11 is 0. The normalized spacial score (nSPS) is 18.1. The fourth-order valence-corrected chi connectivity index (χ4v) is 5.25. The number of rotatable bonds is 2. The van der Waals surface area contributed by atoms with E-state index in [9.17, 15) is 5.11 Å². The van der Waals surface area contributed by atoms with E-state index in [1.807, 2.05) is 0 Å². The van der Waals surface area contributed by atoms with Gasteiger partial charge in [-0.2, -0.15) is 0 Å². The van der Waals surface area contributed by atoms with Crippen molar-refractivity contribution in [3.05, 3.63) is 34.4 Å². The van der Waals surface area contributed by atoms with Crippen LogP contribution < -0.4 is 5.11 Å². The van der Waals surface area contributed by atoms with Gasteiger partial charge in [0.1, 0.15) is 0 Å². The summed E-state index contributed by atoms with van der Waals surface area (Å²) in [5.74, 6) is 0. The highest BCUT2D eigenvalue weighted by Crippen LogP contribution is 2.39. The Hall–Kier alpha value is -0.650. The number of hydrogen-bond donors (Lipinski definition) is 0. The van der Waals surface area contributed by atoms with Crippen molar-refractivity contribution in [2.75, 3.05) is 0 Å². The SMILES string of the molecule is CC(C)(C)c1cc(C(C)(C)C)c(C([O-])=PC2CCCCC2)c(C(C)(C)C)c1. The molecule has 1 nitrogen and oxygen atoms in total. The van der Waals surface area contributed by atoms with E-state index < -0.39 is 0 Å². The molecule has 0 atom stereocenters. The molecular weight excluding hydrogens is 347 g/mol. The van der Waals surface area contributed by atoms with Gasteiger partial charge in [0.05, 0.1) is 0 Å². The van der Waals surface area contributed by atoms with Crippen LogP contribution in [0.1, 0.15) is 117 Å². The average Bonchev–Trinajstić information content (AvgIpc) is 2.52. The Balaban J connectivity index is 2.74. The molecule has 1 aromatic carbocycles. The van der Waals surface area contributed by atoms with Gasteiger partial charge in [-0.25, -0.2) is 0 Å². The van der Waals surface area contributed by atoms with Crippen LogP contribution in [0.2, 0.25) is 0 Å². The van der Waals surface area contributed by atoms with Crippen LogP contribution in [0.25, 0.3) is 0 Å². The van der Waals surface area contributed by atoms with Gasteiger partial charge in [0, 0.05) is 0 Å². The van der Waals surface area contributed by atoms with Crippen LogP contribution in [0.15, 0.2) is 12.1 Å². The van der Waals surface area contributed by atoms with Crippen molar-refractivity contribution in [3.63, 3.8) is 0 Å². The second kappa shape index (κ2) is 8.00. The molecule has 1 saturated carbocycles. The van der Waals surface area contributed by atoms with Crippen molar-refractivity contribution in [1.82, 2.24) is 0 Å². The molecule has 1 fully saturated rings. The molecule has 0 aliphatic heterocycles. The van der Waals surface area contributed by atoms with E-state index in [1.54, 1.807) is 0 Å². The molecule has 0 amide bonds. The van der Waals surface area contributed by atoms with Crippen LogP contribution in [0.4, 0.5) is 0 Å². The molecule has 1 aromatic rings. The minimum atomic E-state index is -0.0473. The first kappa shape index (κ1) is 22.6. The summed E-state index contributed by atoms with van der Waals surface area (Å²) in [5, 5.41) is 13.6. The molecule has 27 heavy (non-hydrogen) atoms. The molecule has 0 unspecified atom stereocenters. The zero-order chi connectivity index (χ0) is 20.6. The first-order valence-electron chi connectivity index (χ1n) is 10.7. The topological polar surface area (TPSA) is 23.1 Å². The minimum absolute atomic E-state index is 0.0473. The molecule has 0 spiro atoms. The Kier molecular flexibility index (Phi) is 6.71. The molecule has 0 aromatic heterocycles. The Bertz CT molecular complexity index is 651. The van der Waals surface area contributed by atoms with E-state index in [0.717, 1.165) is 13.8 Å². The molecule has 0 heterocycles. The monoisotopic (exact) mass is 387 g/mol. The van der Waals surface area contributed by atoms with Gasteiger partial charge in [-0.05, 0) is 57.0 Å². The Morgan fingerprint density at radius 1 is 0.778 bits per heavy atom. The van der Waals surface area contributed by atoms with Crippen molar-refractivity contribution >= 4 is 13.7 Å². The van der Waals surface area contributed by atoms with Gasteiger partial charge in [-0.1, -0.05) is 93.7 Å². The molecule has 1 aliphatic carbocycles. The van der Waals surface area contributed by atoms with Crippen LogP contribution in [-0.4, -0.2) is 11.1 Å². The fourth-order valence-electron chi connectivity index (χ4n) is 3.93. The fraction of sp³-hybridized carbons (Fsp3) is 0.720. The minimum Gasteiger partial charge on any atom is -0.824 e. The third-order valence-corrected chi connectivity index (χ3v) is 7.05.